The molecule has 0 bridgehead atoms. The summed E-state index contributed by atoms with van der Waals surface area (Å²) in [5.41, 5.74) is 4.89. The molecule has 2 atom stereocenters. The summed E-state index contributed by atoms with van der Waals surface area (Å²) < 4.78 is 2.22. The van der Waals surface area contributed by atoms with Crippen LogP contribution in [0.15, 0.2) is 30.3 Å². The number of aromatic nitrogens is 1. The van der Waals surface area contributed by atoms with E-state index in [4.69, 9.17) is 11.6 Å². The molecule has 1 aromatic heterocycles. The zero-order chi connectivity index (χ0) is 13.6. The molecular formula is C16H16ClNO. The van der Waals surface area contributed by atoms with E-state index < -0.39 is 0 Å². The molecule has 2 unspecified atom stereocenters. The summed E-state index contributed by atoms with van der Waals surface area (Å²) in [6.07, 6.45) is 2.07. The first-order valence-corrected chi connectivity index (χ1v) is 6.87. The third kappa shape index (κ3) is 2.10. The smallest absolute Gasteiger partial charge is 0.123 e. The van der Waals surface area contributed by atoms with E-state index in [0.717, 1.165) is 17.7 Å². The minimum absolute atomic E-state index is 0.214. The molecule has 1 aromatic carbocycles. The lowest BCUT2D eigenvalue weighted by Gasteiger charge is -2.08. The molecule has 1 aliphatic rings. The van der Waals surface area contributed by atoms with Crippen molar-refractivity contribution in [2.24, 2.45) is 13.0 Å². The van der Waals surface area contributed by atoms with Crippen LogP contribution in [-0.4, -0.2) is 10.9 Å². The van der Waals surface area contributed by atoms with Crippen LogP contribution in [0.4, 0.5) is 0 Å². The van der Waals surface area contributed by atoms with E-state index >= 15 is 0 Å². The van der Waals surface area contributed by atoms with Gasteiger partial charge in [0.15, 0.2) is 0 Å². The highest BCUT2D eigenvalue weighted by atomic mass is 35.5. The van der Waals surface area contributed by atoms with E-state index in [1.54, 1.807) is 0 Å². The predicted octanol–water partition coefficient (Wildman–Crippen LogP) is 3.96. The second-order valence-electron chi connectivity index (χ2n) is 5.31. The van der Waals surface area contributed by atoms with Gasteiger partial charge in [-0.3, -0.25) is 0 Å². The molecule has 19 heavy (non-hydrogen) atoms. The van der Waals surface area contributed by atoms with Gasteiger partial charge < -0.3 is 9.36 Å². The number of hydrogen-bond donors (Lipinski definition) is 0. The Balaban J connectivity index is 2.03. The quantitative estimate of drug-likeness (QED) is 0.776. The van der Waals surface area contributed by atoms with Gasteiger partial charge in [-0.1, -0.05) is 23.7 Å². The van der Waals surface area contributed by atoms with Crippen molar-refractivity contribution in [3.8, 4) is 11.3 Å². The zero-order valence-corrected chi connectivity index (χ0v) is 11.8. The van der Waals surface area contributed by atoms with Gasteiger partial charge in [-0.25, -0.2) is 0 Å². The van der Waals surface area contributed by atoms with E-state index in [9.17, 15) is 4.79 Å². The van der Waals surface area contributed by atoms with E-state index in [0.29, 0.717) is 5.92 Å². The largest absolute Gasteiger partial charge is 0.347 e. The van der Waals surface area contributed by atoms with Gasteiger partial charge in [0, 0.05) is 29.6 Å². The molecule has 1 saturated carbocycles. The molecule has 98 valence electrons. The molecule has 2 nitrogen and oxygen atoms in total. The number of aryl methyl sites for hydroxylation is 1. The van der Waals surface area contributed by atoms with Crippen molar-refractivity contribution >= 4 is 17.9 Å². The second-order valence-corrected chi connectivity index (χ2v) is 5.75. The summed E-state index contributed by atoms with van der Waals surface area (Å²) >= 11 is 5.94. The molecule has 0 N–H and O–H groups in total. The van der Waals surface area contributed by atoms with Gasteiger partial charge in [0.2, 0.25) is 0 Å². The van der Waals surface area contributed by atoms with Gasteiger partial charge in [0.05, 0.1) is 5.69 Å². The van der Waals surface area contributed by atoms with Crippen LogP contribution in [0.5, 0.6) is 0 Å². The predicted molar refractivity (Wildman–Crippen MR) is 77.5 cm³/mol. The summed E-state index contributed by atoms with van der Waals surface area (Å²) in [5, 5.41) is 0.749. The van der Waals surface area contributed by atoms with Crippen LogP contribution in [-0.2, 0) is 11.8 Å². The number of nitrogens with zero attached hydrogens (tertiary/aromatic N) is 1. The number of rotatable bonds is 3. The molecule has 0 aliphatic heterocycles. The van der Waals surface area contributed by atoms with Crippen molar-refractivity contribution in [3.05, 3.63) is 46.6 Å². The van der Waals surface area contributed by atoms with Crippen LogP contribution in [0.25, 0.3) is 11.3 Å². The Morgan fingerprint density at radius 2 is 2.00 bits per heavy atom. The Kier molecular flexibility index (Phi) is 2.98. The van der Waals surface area contributed by atoms with Crippen molar-refractivity contribution in [1.29, 1.82) is 0 Å². The third-order valence-corrected chi connectivity index (χ3v) is 4.22. The Hall–Kier alpha value is -1.54. The molecule has 0 amide bonds. The Labute approximate surface area is 118 Å². The maximum absolute atomic E-state index is 10.8. The first-order valence-electron chi connectivity index (χ1n) is 6.49. The van der Waals surface area contributed by atoms with Crippen LogP contribution in [0, 0.1) is 12.8 Å². The van der Waals surface area contributed by atoms with Crippen molar-refractivity contribution in [1.82, 2.24) is 4.57 Å². The molecule has 3 heteroatoms. The lowest BCUT2D eigenvalue weighted by Crippen LogP contribution is -1.98. The standard InChI is InChI=1S/C16H16ClNO/c1-10-7-15(14-8-12(14)9-19)18(2)16(10)11-3-5-13(17)6-4-11/h3-7,9,12,14H,8H2,1-2H3. The molecule has 1 aliphatic carbocycles. The fourth-order valence-electron chi connectivity index (χ4n) is 2.87. The topological polar surface area (TPSA) is 22.0 Å². The van der Waals surface area contributed by atoms with Crippen molar-refractivity contribution < 1.29 is 4.79 Å². The highest BCUT2D eigenvalue weighted by Crippen LogP contribution is 2.47. The van der Waals surface area contributed by atoms with Crippen molar-refractivity contribution in [3.63, 3.8) is 0 Å². The number of benzene rings is 1. The molecular weight excluding hydrogens is 258 g/mol. The van der Waals surface area contributed by atoms with Crippen LogP contribution in [0.3, 0.4) is 0 Å². The van der Waals surface area contributed by atoms with Gasteiger partial charge in [-0.2, -0.15) is 0 Å². The Morgan fingerprint density at radius 1 is 1.32 bits per heavy atom. The van der Waals surface area contributed by atoms with Gasteiger partial charge in [0.1, 0.15) is 6.29 Å². The summed E-state index contributed by atoms with van der Waals surface area (Å²) in [5.74, 6) is 0.619. The Morgan fingerprint density at radius 3 is 2.58 bits per heavy atom. The van der Waals surface area contributed by atoms with Gasteiger partial charge >= 0.3 is 0 Å². The second kappa shape index (κ2) is 4.53. The number of carbonyl (C=O) groups excluding carboxylic acids is 1. The highest BCUT2D eigenvalue weighted by Gasteiger charge is 2.40. The zero-order valence-electron chi connectivity index (χ0n) is 11.1. The summed E-state index contributed by atoms with van der Waals surface area (Å²) in [4.78, 5) is 10.8. The van der Waals surface area contributed by atoms with Crippen LogP contribution in [0.2, 0.25) is 5.02 Å². The van der Waals surface area contributed by atoms with E-state index in [-0.39, 0.29) is 5.92 Å². The van der Waals surface area contributed by atoms with Gasteiger partial charge in [-0.05, 0) is 42.7 Å². The number of carbonyl (C=O) groups is 1. The fraction of sp³-hybridized carbons (Fsp3) is 0.312. The maximum Gasteiger partial charge on any atom is 0.123 e. The van der Waals surface area contributed by atoms with Crippen LogP contribution < -0.4 is 0 Å². The summed E-state index contributed by atoms with van der Waals surface area (Å²) in [6, 6.07) is 10.1. The highest BCUT2D eigenvalue weighted by molar-refractivity contribution is 6.30. The van der Waals surface area contributed by atoms with Crippen LogP contribution in [0.1, 0.15) is 23.6 Å². The first kappa shape index (κ1) is 12.5. The minimum atomic E-state index is 0.214. The SMILES string of the molecule is Cc1cc(C2CC2C=O)n(C)c1-c1ccc(Cl)cc1. The minimum Gasteiger partial charge on any atom is -0.347 e. The number of aldehydes is 1. The molecule has 1 heterocycles. The molecule has 0 saturated heterocycles. The number of hydrogen-bond acceptors (Lipinski definition) is 1. The molecule has 0 radical (unpaired) electrons. The van der Waals surface area contributed by atoms with Crippen molar-refractivity contribution in [2.45, 2.75) is 19.3 Å². The lowest BCUT2D eigenvalue weighted by atomic mass is 10.1. The third-order valence-electron chi connectivity index (χ3n) is 3.97. The Bertz CT molecular complexity index is 627. The summed E-state index contributed by atoms with van der Waals surface area (Å²) in [6.45, 7) is 2.12. The van der Waals surface area contributed by atoms with E-state index in [2.05, 4.69) is 24.6 Å². The molecule has 1 fully saturated rings. The van der Waals surface area contributed by atoms with Gasteiger partial charge in [0.25, 0.3) is 0 Å². The maximum atomic E-state index is 10.8. The monoisotopic (exact) mass is 273 g/mol. The normalized spacial score (nSPS) is 21.4. The number of halogens is 1. The first-order chi connectivity index (χ1) is 9.11. The van der Waals surface area contributed by atoms with E-state index in [1.807, 2.05) is 24.3 Å². The lowest BCUT2D eigenvalue weighted by molar-refractivity contribution is -0.108. The summed E-state index contributed by atoms with van der Waals surface area (Å²) in [7, 11) is 2.08. The van der Waals surface area contributed by atoms with Crippen molar-refractivity contribution in [2.75, 3.05) is 0 Å². The van der Waals surface area contributed by atoms with E-state index in [1.165, 1.54) is 22.5 Å². The fourth-order valence-corrected chi connectivity index (χ4v) is 3.00. The van der Waals surface area contributed by atoms with Gasteiger partial charge in [-0.15, -0.1) is 0 Å². The van der Waals surface area contributed by atoms with Crippen LogP contribution >= 0.6 is 11.6 Å². The molecule has 2 aromatic rings. The molecule has 0 spiro atoms. The molecule has 3 rings (SSSR count). The average molecular weight is 274 g/mol. The average Bonchev–Trinajstić information content (AvgIpc) is 3.12.